The molecule has 3 aromatic rings. The molecule has 4 rings (SSSR count). The number of hydrogen-bond donors (Lipinski definition) is 0. The van der Waals surface area contributed by atoms with Crippen LogP contribution in [0.2, 0.25) is 0 Å². The highest BCUT2D eigenvalue weighted by molar-refractivity contribution is 5.34. The summed E-state index contributed by atoms with van der Waals surface area (Å²) in [6.07, 6.45) is -1.59. The third kappa shape index (κ3) is 4.29. The average molecular weight is 406 g/mol. The first-order valence-corrected chi connectivity index (χ1v) is 9.36. The third-order valence-corrected chi connectivity index (χ3v) is 5.08. The average Bonchev–Trinajstić information content (AvgIpc) is 3.36. The van der Waals surface area contributed by atoms with Crippen LogP contribution in [0.4, 0.5) is 19.1 Å². The van der Waals surface area contributed by atoms with Gasteiger partial charge in [-0.3, -0.25) is 0 Å². The zero-order chi connectivity index (χ0) is 20.4. The van der Waals surface area contributed by atoms with Gasteiger partial charge in [-0.05, 0) is 29.8 Å². The molecular formula is C20H21F3N4O2. The second kappa shape index (κ2) is 7.90. The Balaban J connectivity index is 1.44. The second-order valence-corrected chi connectivity index (χ2v) is 6.98. The topological polar surface area (TPSA) is 56.3 Å². The minimum Gasteiger partial charge on any atom is -0.469 e. The Kier molecular flexibility index (Phi) is 5.31. The summed E-state index contributed by atoms with van der Waals surface area (Å²) in [6.45, 7) is 1.59. The van der Waals surface area contributed by atoms with Gasteiger partial charge in [0, 0.05) is 26.4 Å². The van der Waals surface area contributed by atoms with Crippen LogP contribution in [0.15, 0.2) is 47.1 Å². The van der Waals surface area contributed by atoms with E-state index in [9.17, 15) is 13.2 Å². The molecule has 0 unspecified atom stereocenters. The largest absolute Gasteiger partial charge is 0.469 e. The maximum Gasteiger partial charge on any atom is 0.416 e. The van der Waals surface area contributed by atoms with Crippen molar-refractivity contribution in [1.29, 1.82) is 0 Å². The molecule has 0 amide bonds. The smallest absolute Gasteiger partial charge is 0.416 e. The van der Waals surface area contributed by atoms with Crippen molar-refractivity contribution in [2.75, 3.05) is 24.6 Å². The van der Waals surface area contributed by atoms with Gasteiger partial charge in [0.25, 0.3) is 0 Å². The lowest BCUT2D eigenvalue weighted by Gasteiger charge is -2.33. The molecule has 1 aliphatic heterocycles. The summed E-state index contributed by atoms with van der Waals surface area (Å²) in [4.78, 5) is 2.05. The van der Waals surface area contributed by atoms with Gasteiger partial charge in [-0.25, -0.2) is 0 Å². The van der Waals surface area contributed by atoms with Crippen molar-refractivity contribution in [2.24, 2.45) is 7.05 Å². The van der Waals surface area contributed by atoms with Crippen molar-refractivity contribution in [3.8, 4) is 0 Å². The van der Waals surface area contributed by atoms with Crippen molar-refractivity contribution >= 4 is 5.95 Å². The molecule has 0 radical (unpaired) electrons. The summed E-state index contributed by atoms with van der Waals surface area (Å²) in [6, 6.07) is 8.91. The standard InChI is InChI=1S/C20H21F3N4O2/c1-26-18(9-8-16-3-2-11-28-16)24-25-19(26)27-10-12-29-17(13-27)14-4-6-15(7-5-14)20(21,22)23/h2-7,11,17H,8-10,12-13H2,1H3/t17-/m1/s1. The van der Waals surface area contributed by atoms with E-state index in [2.05, 4.69) is 15.1 Å². The molecule has 0 spiro atoms. The van der Waals surface area contributed by atoms with Crippen LogP contribution in [0.3, 0.4) is 0 Å². The van der Waals surface area contributed by atoms with Gasteiger partial charge in [0.15, 0.2) is 0 Å². The van der Waals surface area contributed by atoms with Gasteiger partial charge in [0.05, 0.1) is 25.0 Å². The molecule has 1 atom stereocenters. The summed E-state index contributed by atoms with van der Waals surface area (Å²) in [7, 11) is 1.91. The van der Waals surface area contributed by atoms with Crippen LogP contribution in [-0.4, -0.2) is 34.5 Å². The number of alkyl halides is 3. The minimum atomic E-state index is -4.34. The Morgan fingerprint density at radius 1 is 1.10 bits per heavy atom. The Labute approximate surface area is 165 Å². The van der Waals surface area contributed by atoms with Crippen LogP contribution >= 0.6 is 0 Å². The maximum absolute atomic E-state index is 12.8. The Hall–Kier alpha value is -2.81. The molecule has 0 saturated carbocycles. The van der Waals surface area contributed by atoms with E-state index in [1.165, 1.54) is 12.1 Å². The maximum atomic E-state index is 12.8. The predicted octanol–water partition coefficient (Wildman–Crippen LogP) is 3.79. The van der Waals surface area contributed by atoms with Crippen molar-refractivity contribution < 1.29 is 22.3 Å². The first kappa shape index (κ1) is 19.5. The van der Waals surface area contributed by atoms with Gasteiger partial charge >= 0.3 is 6.18 Å². The second-order valence-electron chi connectivity index (χ2n) is 6.98. The molecule has 1 aliphatic rings. The van der Waals surface area contributed by atoms with E-state index in [1.807, 2.05) is 23.7 Å². The van der Waals surface area contributed by atoms with Crippen LogP contribution in [0.5, 0.6) is 0 Å². The number of nitrogens with zero attached hydrogens (tertiary/aromatic N) is 4. The lowest BCUT2D eigenvalue weighted by Crippen LogP contribution is -2.39. The molecule has 1 saturated heterocycles. The van der Waals surface area contributed by atoms with Crippen LogP contribution in [-0.2, 0) is 30.8 Å². The van der Waals surface area contributed by atoms with Crippen molar-refractivity contribution in [3.05, 3.63) is 65.4 Å². The first-order valence-electron chi connectivity index (χ1n) is 9.36. The number of aryl methyl sites for hydroxylation is 2. The van der Waals surface area contributed by atoms with Gasteiger partial charge in [0.1, 0.15) is 17.7 Å². The van der Waals surface area contributed by atoms with Gasteiger partial charge in [-0.1, -0.05) is 12.1 Å². The molecule has 1 fully saturated rings. The van der Waals surface area contributed by atoms with Crippen LogP contribution in [0.25, 0.3) is 0 Å². The van der Waals surface area contributed by atoms with Crippen molar-refractivity contribution in [1.82, 2.24) is 14.8 Å². The van der Waals surface area contributed by atoms with Gasteiger partial charge in [0.2, 0.25) is 5.95 Å². The first-order chi connectivity index (χ1) is 13.9. The van der Waals surface area contributed by atoms with E-state index in [-0.39, 0.29) is 6.10 Å². The molecule has 9 heteroatoms. The zero-order valence-corrected chi connectivity index (χ0v) is 15.9. The van der Waals surface area contributed by atoms with Crippen LogP contribution in [0.1, 0.15) is 28.8 Å². The summed E-state index contributed by atoms with van der Waals surface area (Å²) < 4.78 is 51.4. The molecule has 0 aliphatic carbocycles. The van der Waals surface area contributed by atoms with E-state index in [0.717, 1.165) is 36.1 Å². The van der Waals surface area contributed by atoms with E-state index in [1.54, 1.807) is 6.26 Å². The molecule has 2 aromatic heterocycles. The number of anilines is 1. The fourth-order valence-corrected chi connectivity index (χ4v) is 3.45. The summed E-state index contributed by atoms with van der Waals surface area (Å²) in [5, 5.41) is 8.61. The molecule has 0 bridgehead atoms. The fraction of sp³-hybridized carbons (Fsp3) is 0.400. The SMILES string of the molecule is Cn1c(CCc2ccco2)nnc1N1CCO[C@@H](c2ccc(C(F)(F)F)cc2)C1. The zero-order valence-electron chi connectivity index (χ0n) is 15.9. The number of ether oxygens (including phenoxy) is 1. The quantitative estimate of drug-likeness (QED) is 0.645. The minimum absolute atomic E-state index is 0.325. The van der Waals surface area contributed by atoms with Gasteiger partial charge in [-0.15, -0.1) is 10.2 Å². The number of aromatic nitrogens is 3. The molecule has 6 nitrogen and oxygen atoms in total. The number of morpholine rings is 1. The number of furan rings is 1. The number of rotatable bonds is 5. The predicted molar refractivity (Wildman–Crippen MR) is 99.5 cm³/mol. The van der Waals surface area contributed by atoms with Gasteiger partial charge in [-0.2, -0.15) is 13.2 Å². The fourth-order valence-electron chi connectivity index (χ4n) is 3.45. The van der Waals surface area contributed by atoms with Crippen molar-refractivity contribution in [3.63, 3.8) is 0 Å². The molecule has 154 valence electrons. The lowest BCUT2D eigenvalue weighted by atomic mass is 10.1. The van der Waals surface area contributed by atoms with E-state index in [4.69, 9.17) is 9.15 Å². The Morgan fingerprint density at radius 3 is 2.59 bits per heavy atom. The summed E-state index contributed by atoms with van der Waals surface area (Å²) in [5.41, 5.74) is 0.0475. The number of halogens is 3. The highest BCUT2D eigenvalue weighted by Gasteiger charge is 2.31. The van der Waals surface area contributed by atoms with Crippen LogP contribution in [0, 0.1) is 0 Å². The van der Waals surface area contributed by atoms with Crippen molar-refractivity contribution in [2.45, 2.75) is 25.1 Å². The molecule has 29 heavy (non-hydrogen) atoms. The Morgan fingerprint density at radius 2 is 1.90 bits per heavy atom. The van der Waals surface area contributed by atoms with E-state index >= 15 is 0 Å². The number of hydrogen-bond acceptors (Lipinski definition) is 5. The van der Waals surface area contributed by atoms with E-state index < -0.39 is 11.7 Å². The van der Waals surface area contributed by atoms with Gasteiger partial charge < -0.3 is 18.6 Å². The van der Waals surface area contributed by atoms with Crippen LogP contribution < -0.4 is 4.90 Å². The number of benzene rings is 1. The highest BCUT2D eigenvalue weighted by Crippen LogP contribution is 2.31. The Bertz CT molecular complexity index is 936. The highest BCUT2D eigenvalue weighted by atomic mass is 19.4. The molecular weight excluding hydrogens is 385 g/mol. The molecule has 3 heterocycles. The lowest BCUT2D eigenvalue weighted by molar-refractivity contribution is -0.137. The summed E-state index contributed by atoms with van der Waals surface area (Å²) >= 11 is 0. The third-order valence-electron chi connectivity index (χ3n) is 5.08. The molecule has 1 aromatic carbocycles. The monoisotopic (exact) mass is 406 g/mol. The normalized spacial score (nSPS) is 17.7. The molecule has 0 N–H and O–H groups in total. The summed E-state index contributed by atoms with van der Waals surface area (Å²) in [5.74, 6) is 2.46. The van der Waals surface area contributed by atoms with E-state index in [0.29, 0.717) is 31.7 Å².